The largest absolute Gasteiger partial charge is 0.391 e. The Kier molecular flexibility index (Phi) is 5.62. The molecule has 0 aliphatic carbocycles. The van der Waals surface area contributed by atoms with Crippen LogP contribution >= 0.6 is 0 Å². The summed E-state index contributed by atoms with van der Waals surface area (Å²) in [4.78, 5) is 11.8. The third kappa shape index (κ3) is 4.00. The summed E-state index contributed by atoms with van der Waals surface area (Å²) in [6.45, 7) is 4.23. The maximum atomic E-state index is 12.7. The van der Waals surface area contributed by atoms with Crippen molar-refractivity contribution in [2.45, 2.75) is 46.8 Å². The molecule has 0 bridgehead atoms. The molecule has 0 aromatic carbocycles. The number of hydrogen-bond donors (Lipinski definition) is 2. The van der Waals surface area contributed by atoms with Crippen molar-refractivity contribution >= 4 is 5.91 Å². The molecule has 0 aliphatic rings. The van der Waals surface area contributed by atoms with Gasteiger partial charge in [0, 0.05) is 17.8 Å². The summed E-state index contributed by atoms with van der Waals surface area (Å²) in [5.74, 6) is -0.273. The van der Waals surface area contributed by atoms with Crippen LogP contribution in [0, 0.1) is 19.8 Å². The monoisotopic (exact) mass is 289 g/mol. The molecule has 1 aromatic heterocycles. The average Bonchev–Trinajstić information content (AvgIpc) is 2.63. The van der Waals surface area contributed by atoms with Crippen LogP contribution in [0.25, 0.3) is 0 Å². The molecule has 1 rings (SSSR count). The molecule has 20 heavy (non-hydrogen) atoms. The van der Waals surface area contributed by atoms with Gasteiger partial charge >= 0.3 is 6.55 Å². The van der Waals surface area contributed by atoms with Gasteiger partial charge in [0.1, 0.15) is 0 Å². The van der Waals surface area contributed by atoms with E-state index < -0.39 is 12.7 Å². The van der Waals surface area contributed by atoms with Gasteiger partial charge in [0.25, 0.3) is 0 Å². The molecule has 1 atom stereocenters. The lowest BCUT2D eigenvalue weighted by molar-refractivity contribution is -0.121. The number of hydrogen-bond acceptors (Lipinski definition) is 3. The van der Waals surface area contributed by atoms with E-state index >= 15 is 0 Å². The summed E-state index contributed by atoms with van der Waals surface area (Å²) in [6.07, 6.45) is -0.639. The second-order valence-electron chi connectivity index (χ2n) is 5.16. The van der Waals surface area contributed by atoms with Crippen molar-refractivity contribution in [2.24, 2.45) is 5.92 Å². The predicted octanol–water partition coefficient (Wildman–Crippen LogP) is 1.57. The van der Waals surface area contributed by atoms with Crippen molar-refractivity contribution < 1.29 is 18.7 Å². The smallest absolute Gasteiger partial charge is 0.333 e. The number of carbonyl (C=O) groups is 1. The minimum atomic E-state index is -2.71. The van der Waals surface area contributed by atoms with Gasteiger partial charge in [0.15, 0.2) is 0 Å². The van der Waals surface area contributed by atoms with E-state index in [1.165, 1.54) is 6.92 Å². The summed E-state index contributed by atoms with van der Waals surface area (Å²) in [6, 6.07) is 0. The third-order valence-electron chi connectivity index (χ3n) is 3.27. The fourth-order valence-corrected chi connectivity index (χ4v) is 1.82. The highest BCUT2D eigenvalue weighted by molar-refractivity contribution is 5.79. The van der Waals surface area contributed by atoms with E-state index in [0.29, 0.717) is 15.9 Å². The molecule has 0 saturated heterocycles. The minimum absolute atomic E-state index is 0.0186. The quantitative estimate of drug-likeness (QED) is 0.835. The molecule has 2 N–H and O–H groups in total. The van der Waals surface area contributed by atoms with Crippen LogP contribution in [0.2, 0.25) is 0 Å². The third-order valence-corrected chi connectivity index (χ3v) is 3.27. The number of amides is 1. The van der Waals surface area contributed by atoms with Crippen molar-refractivity contribution in [1.82, 2.24) is 15.1 Å². The lowest BCUT2D eigenvalue weighted by Crippen LogP contribution is -2.35. The summed E-state index contributed by atoms with van der Waals surface area (Å²) in [5, 5.41) is 15.9. The maximum absolute atomic E-state index is 12.7. The van der Waals surface area contributed by atoms with E-state index in [1.807, 2.05) is 13.8 Å². The van der Waals surface area contributed by atoms with Crippen molar-refractivity contribution in [3.8, 4) is 0 Å². The molecule has 0 fully saturated rings. The highest BCUT2D eigenvalue weighted by atomic mass is 19.3. The predicted molar refractivity (Wildman–Crippen MR) is 70.5 cm³/mol. The van der Waals surface area contributed by atoms with E-state index in [9.17, 15) is 18.7 Å². The van der Waals surface area contributed by atoms with Gasteiger partial charge in [-0.15, -0.1) is 0 Å². The molecule has 1 aromatic rings. The zero-order valence-corrected chi connectivity index (χ0v) is 12.2. The first kappa shape index (κ1) is 16.6. The Bertz CT molecular complexity index is 472. The van der Waals surface area contributed by atoms with E-state index in [4.69, 9.17) is 0 Å². The number of aliphatic hydroxyl groups excluding tert-OH is 1. The van der Waals surface area contributed by atoms with Crippen LogP contribution in [0.3, 0.4) is 0 Å². The number of rotatable bonds is 6. The normalized spacial score (nSPS) is 13.1. The number of alkyl halides is 2. The number of nitrogens with zero attached hydrogens (tertiary/aromatic N) is 2. The Morgan fingerprint density at radius 3 is 2.45 bits per heavy atom. The Labute approximate surface area is 117 Å². The van der Waals surface area contributed by atoms with Crippen LogP contribution in [-0.2, 0) is 11.2 Å². The van der Waals surface area contributed by atoms with E-state index in [1.54, 1.807) is 6.92 Å². The molecule has 0 saturated carbocycles. The number of halogens is 2. The van der Waals surface area contributed by atoms with Crippen LogP contribution < -0.4 is 5.32 Å². The number of aliphatic hydroxyl groups is 1. The molecule has 0 spiro atoms. The lowest BCUT2D eigenvalue weighted by atomic mass is 10.1. The van der Waals surface area contributed by atoms with Crippen LogP contribution in [-0.4, -0.2) is 33.4 Å². The zero-order valence-electron chi connectivity index (χ0n) is 12.2. The van der Waals surface area contributed by atoms with Gasteiger partial charge in [-0.05, 0) is 19.8 Å². The first-order valence-corrected chi connectivity index (χ1v) is 6.51. The molecule has 0 aliphatic heterocycles. The first-order chi connectivity index (χ1) is 9.23. The molecular weight excluding hydrogens is 268 g/mol. The molecule has 7 heteroatoms. The van der Waals surface area contributed by atoms with Crippen molar-refractivity contribution in [1.29, 1.82) is 0 Å². The van der Waals surface area contributed by atoms with Crippen LogP contribution in [0.4, 0.5) is 8.78 Å². The molecule has 5 nitrogen and oxygen atoms in total. The second-order valence-corrected chi connectivity index (χ2v) is 5.16. The number of aromatic nitrogens is 2. The van der Waals surface area contributed by atoms with Crippen molar-refractivity contribution in [3.05, 3.63) is 17.0 Å². The minimum Gasteiger partial charge on any atom is -0.391 e. The SMILES string of the molecule is Cc1nn(C(F)F)c(C)c1CC(=O)NCC(O)C(C)C. The zero-order chi connectivity index (χ0) is 15.4. The number of nitrogens with one attached hydrogen (secondary N) is 1. The molecule has 1 amide bonds. The van der Waals surface area contributed by atoms with Gasteiger partial charge in [0.05, 0.1) is 18.2 Å². The fourth-order valence-electron chi connectivity index (χ4n) is 1.82. The molecular formula is C13H21F2N3O2. The molecule has 1 unspecified atom stereocenters. The summed E-state index contributed by atoms with van der Waals surface area (Å²) in [7, 11) is 0. The van der Waals surface area contributed by atoms with E-state index in [0.717, 1.165) is 0 Å². The van der Waals surface area contributed by atoms with E-state index in [-0.39, 0.29) is 30.5 Å². The van der Waals surface area contributed by atoms with Crippen LogP contribution in [0.5, 0.6) is 0 Å². The van der Waals surface area contributed by atoms with Crippen LogP contribution in [0.1, 0.15) is 37.3 Å². The Morgan fingerprint density at radius 1 is 1.40 bits per heavy atom. The number of carbonyl (C=O) groups excluding carboxylic acids is 1. The Balaban J connectivity index is 2.67. The molecule has 1 heterocycles. The summed E-state index contributed by atoms with van der Waals surface area (Å²) >= 11 is 0. The first-order valence-electron chi connectivity index (χ1n) is 6.51. The standard InChI is InChI=1S/C13H21F2N3O2/c1-7(2)11(19)6-16-12(20)5-10-8(3)17-18(9(10)4)13(14)15/h7,11,13,19H,5-6H2,1-4H3,(H,16,20). The van der Waals surface area contributed by atoms with Gasteiger partial charge in [-0.2, -0.15) is 13.9 Å². The fraction of sp³-hybridized carbons (Fsp3) is 0.692. The Hall–Kier alpha value is -1.50. The van der Waals surface area contributed by atoms with E-state index in [2.05, 4.69) is 10.4 Å². The molecule has 114 valence electrons. The number of aryl methyl sites for hydroxylation is 1. The van der Waals surface area contributed by atoms with Gasteiger partial charge in [-0.3, -0.25) is 4.79 Å². The van der Waals surface area contributed by atoms with Gasteiger partial charge in [-0.25, -0.2) is 4.68 Å². The Morgan fingerprint density at radius 2 is 2.00 bits per heavy atom. The van der Waals surface area contributed by atoms with Gasteiger partial charge < -0.3 is 10.4 Å². The molecule has 0 radical (unpaired) electrons. The average molecular weight is 289 g/mol. The lowest BCUT2D eigenvalue weighted by Gasteiger charge is -2.15. The maximum Gasteiger partial charge on any atom is 0.333 e. The van der Waals surface area contributed by atoms with Gasteiger partial charge in [-0.1, -0.05) is 13.8 Å². The van der Waals surface area contributed by atoms with Crippen LogP contribution in [0.15, 0.2) is 0 Å². The summed E-state index contributed by atoms with van der Waals surface area (Å²) < 4.78 is 25.9. The highest BCUT2D eigenvalue weighted by Crippen LogP contribution is 2.19. The topological polar surface area (TPSA) is 67.2 Å². The summed E-state index contributed by atoms with van der Waals surface area (Å²) in [5.41, 5.74) is 1.21. The highest BCUT2D eigenvalue weighted by Gasteiger charge is 2.19. The van der Waals surface area contributed by atoms with Crippen molar-refractivity contribution in [2.75, 3.05) is 6.54 Å². The second kappa shape index (κ2) is 6.78. The van der Waals surface area contributed by atoms with Gasteiger partial charge in [0.2, 0.25) is 5.91 Å². The van der Waals surface area contributed by atoms with Crippen molar-refractivity contribution in [3.63, 3.8) is 0 Å².